The normalized spacial score (nSPS) is 10.9. The lowest BCUT2D eigenvalue weighted by Gasteiger charge is -2.12. The lowest BCUT2D eigenvalue weighted by molar-refractivity contribution is 0.310. The fourth-order valence-electron chi connectivity index (χ4n) is 2.95. The molecule has 8 heteroatoms. The number of rotatable bonds is 6. The number of nitrogen functional groups attached to an aromatic ring is 1. The molecule has 3 aromatic rings. The maximum Gasteiger partial charge on any atom is 0.174 e. The molecule has 0 atom stereocenters. The first-order valence-corrected chi connectivity index (χ1v) is 9.79. The zero-order valence-corrected chi connectivity index (χ0v) is 18.0. The number of methoxy groups -OCH3 is 1. The highest BCUT2D eigenvalue weighted by molar-refractivity contribution is 9.10. The summed E-state index contributed by atoms with van der Waals surface area (Å²) in [4.78, 5) is 0. The standard InChI is InChI=1S/C22H18BrN5O2/c1-3-30-19-11-14(10-18(23)21(19)29-2)9-15(12-24)20-17(13-25)22(26)28(27-20)16-7-5-4-6-8-16/h4-11H,3,26H2,1-2H3/b15-9+. The lowest BCUT2D eigenvalue weighted by Crippen LogP contribution is -2.02. The van der Waals surface area contributed by atoms with Crippen molar-refractivity contribution in [2.45, 2.75) is 6.92 Å². The van der Waals surface area contributed by atoms with Crippen molar-refractivity contribution < 1.29 is 9.47 Å². The molecule has 30 heavy (non-hydrogen) atoms. The fourth-order valence-corrected chi connectivity index (χ4v) is 3.57. The Balaban J connectivity index is 2.15. The van der Waals surface area contributed by atoms with E-state index in [1.54, 1.807) is 25.3 Å². The molecule has 0 bridgehead atoms. The van der Waals surface area contributed by atoms with Gasteiger partial charge in [-0.2, -0.15) is 15.6 Å². The molecule has 0 spiro atoms. The Morgan fingerprint density at radius 3 is 2.60 bits per heavy atom. The number of aromatic nitrogens is 2. The molecule has 2 N–H and O–H groups in total. The highest BCUT2D eigenvalue weighted by atomic mass is 79.9. The van der Waals surface area contributed by atoms with Crippen LogP contribution in [0.2, 0.25) is 0 Å². The Bertz CT molecular complexity index is 1190. The SMILES string of the molecule is CCOc1cc(/C=C(\C#N)c2nn(-c3ccccc3)c(N)c2C#N)cc(Br)c1OC. The molecule has 0 saturated heterocycles. The van der Waals surface area contributed by atoms with E-state index in [4.69, 9.17) is 15.2 Å². The fraction of sp³-hybridized carbons (Fsp3) is 0.136. The molecule has 3 rings (SSSR count). The third-order valence-corrected chi connectivity index (χ3v) is 4.85. The minimum absolute atomic E-state index is 0.143. The zero-order valence-electron chi connectivity index (χ0n) is 16.4. The summed E-state index contributed by atoms with van der Waals surface area (Å²) in [5.74, 6) is 1.27. The van der Waals surface area contributed by atoms with E-state index in [0.29, 0.717) is 33.8 Å². The number of anilines is 1. The van der Waals surface area contributed by atoms with Crippen molar-refractivity contribution in [3.63, 3.8) is 0 Å². The first-order chi connectivity index (χ1) is 14.5. The largest absolute Gasteiger partial charge is 0.492 e. The van der Waals surface area contributed by atoms with E-state index in [9.17, 15) is 10.5 Å². The second kappa shape index (κ2) is 9.17. The van der Waals surface area contributed by atoms with Crippen molar-refractivity contribution in [1.29, 1.82) is 10.5 Å². The molecule has 1 aromatic heterocycles. The smallest absolute Gasteiger partial charge is 0.174 e. The number of halogens is 1. The highest BCUT2D eigenvalue weighted by Gasteiger charge is 2.20. The number of nitrogens with two attached hydrogens (primary N) is 1. The van der Waals surface area contributed by atoms with Gasteiger partial charge in [-0.3, -0.25) is 0 Å². The molecule has 0 amide bonds. The van der Waals surface area contributed by atoms with Crippen molar-refractivity contribution in [2.24, 2.45) is 0 Å². The molecule has 0 aliphatic heterocycles. The van der Waals surface area contributed by atoms with E-state index in [2.05, 4.69) is 33.2 Å². The van der Waals surface area contributed by atoms with Crippen LogP contribution in [0, 0.1) is 22.7 Å². The van der Waals surface area contributed by atoms with E-state index in [0.717, 1.165) is 0 Å². The van der Waals surface area contributed by atoms with Crippen LogP contribution in [0.3, 0.4) is 0 Å². The van der Waals surface area contributed by atoms with Gasteiger partial charge in [0.2, 0.25) is 0 Å². The molecule has 0 saturated carbocycles. The van der Waals surface area contributed by atoms with Crippen LogP contribution in [0.1, 0.15) is 23.7 Å². The average molecular weight is 464 g/mol. The van der Waals surface area contributed by atoms with Crippen LogP contribution >= 0.6 is 15.9 Å². The van der Waals surface area contributed by atoms with Crippen LogP contribution in [-0.2, 0) is 0 Å². The van der Waals surface area contributed by atoms with Gasteiger partial charge in [0.1, 0.15) is 29.2 Å². The Kier molecular flexibility index (Phi) is 6.41. The molecule has 0 unspecified atom stereocenters. The molecule has 0 aliphatic rings. The van der Waals surface area contributed by atoms with E-state index in [1.807, 2.05) is 37.3 Å². The Morgan fingerprint density at radius 2 is 2.00 bits per heavy atom. The average Bonchev–Trinajstić information content (AvgIpc) is 3.09. The molecule has 7 nitrogen and oxygen atoms in total. The molecule has 150 valence electrons. The van der Waals surface area contributed by atoms with E-state index in [-0.39, 0.29) is 22.6 Å². The quantitative estimate of drug-likeness (QED) is 0.536. The van der Waals surface area contributed by atoms with Gasteiger partial charge in [0, 0.05) is 0 Å². The van der Waals surface area contributed by atoms with Crippen LogP contribution in [0.15, 0.2) is 46.9 Å². The van der Waals surface area contributed by atoms with Crippen molar-refractivity contribution in [3.8, 4) is 29.3 Å². The van der Waals surface area contributed by atoms with E-state index >= 15 is 0 Å². The molecular formula is C22H18BrN5O2. The van der Waals surface area contributed by atoms with Gasteiger partial charge in [0.15, 0.2) is 11.5 Å². The summed E-state index contributed by atoms with van der Waals surface area (Å²) in [6.45, 7) is 2.33. The minimum atomic E-state index is 0.143. The molecular weight excluding hydrogens is 446 g/mol. The van der Waals surface area contributed by atoms with Crippen LogP contribution in [-0.4, -0.2) is 23.5 Å². The Hall–Kier alpha value is -3.75. The third-order valence-electron chi connectivity index (χ3n) is 4.26. The van der Waals surface area contributed by atoms with Gasteiger partial charge in [-0.1, -0.05) is 18.2 Å². The van der Waals surface area contributed by atoms with Gasteiger partial charge in [-0.25, -0.2) is 4.68 Å². The van der Waals surface area contributed by atoms with Gasteiger partial charge in [-0.05, 0) is 58.8 Å². The number of nitrogens with zero attached hydrogens (tertiary/aromatic N) is 4. The van der Waals surface area contributed by atoms with Gasteiger partial charge in [-0.15, -0.1) is 0 Å². The zero-order chi connectivity index (χ0) is 21.7. The maximum absolute atomic E-state index is 9.79. The predicted molar refractivity (Wildman–Crippen MR) is 118 cm³/mol. The molecule has 2 aromatic carbocycles. The van der Waals surface area contributed by atoms with Gasteiger partial charge in [0.25, 0.3) is 0 Å². The summed E-state index contributed by atoms with van der Waals surface area (Å²) < 4.78 is 13.1. The Labute approximate surface area is 182 Å². The molecule has 0 radical (unpaired) electrons. The summed E-state index contributed by atoms with van der Waals surface area (Å²) in [6.07, 6.45) is 1.63. The highest BCUT2D eigenvalue weighted by Crippen LogP contribution is 2.38. The van der Waals surface area contributed by atoms with E-state index < -0.39 is 0 Å². The van der Waals surface area contributed by atoms with Crippen LogP contribution in [0.4, 0.5) is 5.82 Å². The second-order valence-corrected chi connectivity index (χ2v) is 6.96. The van der Waals surface area contributed by atoms with Crippen LogP contribution in [0.5, 0.6) is 11.5 Å². The van der Waals surface area contributed by atoms with Gasteiger partial charge in [0.05, 0.1) is 29.4 Å². The van der Waals surface area contributed by atoms with Crippen LogP contribution in [0.25, 0.3) is 17.3 Å². The Morgan fingerprint density at radius 1 is 1.27 bits per heavy atom. The molecule has 0 fully saturated rings. The van der Waals surface area contributed by atoms with E-state index in [1.165, 1.54) is 4.68 Å². The van der Waals surface area contributed by atoms with Crippen molar-refractivity contribution in [2.75, 3.05) is 19.5 Å². The second-order valence-electron chi connectivity index (χ2n) is 6.10. The number of hydrogen-bond acceptors (Lipinski definition) is 6. The van der Waals surface area contributed by atoms with Crippen molar-refractivity contribution >= 4 is 33.4 Å². The summed E-state index contributed by atoms with van der Waals surface area (Å²) in [6, 6.07) is 16.9. The minimum Gasteiger partial charge on any atom is -0.492 e. The van der Waals surface area contributed by atoms with Crippen LogP contribution < -0.4 is 15.2 Å². The third kappa shape index (κ3) is 4.00. The van der Waals surface area contributed by atoms with Gasteiger partial charge >= 0.3 is 0 Å². The molecule has 1 heterocycles. The van der Waals surface area contributed by atoms with Crippen molar-refractivity contribution in [3.05, 3.63) is 63.8 Å². The summed E-state index contributed by atoms with van der Waals surface area (Å²) in [5.41, 5.74) is 8.09. The predicted octanol–water partition coefficient (Wildman–Crippen LogP) is 4.56. The molecule has 0 aliphatic carbocycles. The van der Waals surface area contributed by atoms with Gasteiger partial charge < -0.3 is 15.2 Å². The number of para-hydroxylation sites is 1. The number of benzene rings is 2. The monoisotopic (exact) mass is 463 g/mol. The maximum atomic E-state index is 9.79. The first kappa shape index (κ1) is 21.0. The topological polar surface area (TPSA) is 110 Å². The summed E-state index contributed by atoms with van der Waals surface area (Å²) in [5, 5.41) is 23.9. The van der Waals surface area contributed by atoms with Crippen molar-refractivity contribution in [1.82, 2.24) is 9.78 Å². The summed E-state index contributed by atoms with van der Waals surface area (Å²) >= 11 is 3.46. The first-order valence-electron chi connectivity index (χ1n) is 9.00. The summed E-state index contributed by atoms with van der Waals surface area (Å²) in [7, 11) is 1.55. The number of allylic oxidation sites excluding steroid dienone is 1. The number of ether oxygens (including phenoxy) is 2. The number of hydrogen-bond donors (Lipinski definition) is 1. The lowest BCUT2D eigenvalue weighted by atomic mass is 10.1. The number of nitriles is 2.